The van der Waals surface area contributed by atoms with E-state index in [9.17, 15) is 0 Å². The van der Waals surface area contributed by atoms with Gasteiger partial charge < -0.3 is 5.32 Å². The molecular weight excluding hydrogens is 220 g/mol. The molecule has 2 nitrogen and oxygen atoms in total. The molecule has 18 heavy (non-hydrogen) atoms. The zero-order valence-electron chi connectivity index (χ0n) is 11.5. The molecule has 1 aliphatic heterocycles. The Balaban J connectivity index is 1.73. The quantitative estimate of drug-likeness (QED) is 0.801. The first-order chi connectivity index (χ1) is 8.74. The van der Waals surface area contributed by atoms with Crippen molar-refractivity contribution in [3.8, 4) is 0 Å². The Hall–Kier alpha value is -1.12. The van der Waals surface area contributed by atoms with Crippen LogP contribution in [0.25, 0.3) is 0 Å². The molecule has 1 heterocycles. The van der Waals surface area contributed by atoms with Crippen LogP contribution < -0.4 is 5.32 Å². The second-order valence-corrected chi connectivity index (χ2v) is 5.40. The highest BCUT2D eigenvalue weighted by atomic mass is 15.2. The van der Waals surface area contributed by atoms with Crippen molar-refractivity contribution in [2.75, 3.05) is 19.6 Å². The molecule has 1 N–H and O–H groups in total. The van der Waals surface area contributed by atoms with Crippen LogP contribution >= 0.6 is 0 Å². The summed E-state index contributed by atoms with van der Waals surface area (Å²) in [6, 6.07) is 11.4. The Morgan fingerprint density at radius 3 is 2.83 bits per heavy atom. The van der Waals surface area contributed by atoms with Crippen LogP contribution in [0.3, 0.4) is 0 Å². The average molecular weight is 244 g/mol. The number of nitrogens with zero attached hydrogens (tertiary/aromatic N) is 1. The first-order valence-electron chi connectivity index (χ1n) is 6.87. The summed E-state index contributed by atoms with van der Waals surface area (Å²) in [5, 5.41) is 3.61. The summed E-state index contributed by atoms with van der Waals surface area (Å²) >= 11 is 0. The van der Waals surface area contributed by atoms with Gasteiger partial charge in [0.25, 0.3) is 0 Å². The Bertz CT molecular complexity index is 379. The number of hydrogen-bond donors (Lipinski definition) is 1. The molecule has 0 saturated carbocycles. The number of rotatable bonds is 5. The molecule has 2 rings (SSSR count). The molecule has 0 spiro atoms. The van der Waals surface area contributed by atoms with Crippen LogP contribution in [0.15, 0.2) is 42.0 Å². The normalized spacial score (nSPS) is 20.0. The van der Waals surface area contributed by atoms with Gasteiger partial charge in [-0.2, -0.15) is 0 Å². The molecule has 0 aliphatic carbocycles. The van der Waals surface area contributed by atoms with E-state index in [0.717, 1.165) is 13.1 Å². The smallest absolute Gasteiger partial charge is 0.0234 e. The van der Waals surface area contributed by atoms with Crippen LogP contribution in [0.2, 0.25) is 0 Å². The predicted octanol–water partition coefficient (Wildman–Crippen LogP) is 2.82. The SMILES string of the molecule is CC(C)=CCNC1CCN(Cc2ccccc2)C1. The van der Waals surface area contributed by atoms with Crippen molar-refractivity contribution in [2.24, 2.45) is 0 Å². The summed E-state index contributed by atoms with van der Waals surface area (Å²) in [4.78, 5) is 2.54. The zero-order chi connectivity index (χ0) is 12.8. The van der Waals surface area contributed by atoms with E-state index >= 15 is 0 Å². The van der Waals surface area contributed by atoms with E-state index in [1.54, 1.807) is 0 Å². The van der Waals surface area contributed by atoms with Gasteiger partial charge in [-0.3, -0.25) is 4.90 Å². The van der Waals surface area contributed by atoms with Crippen LogP contribution in [-0.4, -0.2) is 30.6 Å². The summed E-state index contributed by atoms with van der Waals surface area (Å²) in [7, 11) is 0. The van der Waals surface area contributed by atoms with Gasteiger partial charge in [0, 0.05) is 32.2 Å². The summed E-state index contributed by atoms with van der Waals surface area (Å²) in [6.07, 6.45) is 3.53. The molecule has 1 aliphatic rings. The third-order valence-electron chi connectivity index (χ3n) is 3.44. The van der Waals surface area contributed by atoms with E-state index in [0.29, 0.717) is 6.04 Å². The van der Waals surface area contributed by atoms with Crippen molar-refractivity contribution >= 4 is 0 Å². The minimum Gasteiger partial charge on any atom is -0.309 e. The Morgan fingerprint density at radius 2 is 2.11 bits per heavy atom. The predicted molar refractivity (Wildman–Crippen MR) is 77.6 cm³/mol. The van der Waals surface area contributed by atoms with Gasteiger partial charge in [-0.15, -0.1) is 0 Å². The lowest BCUT2D eigenvalue weighted by molar-refractivity contribution is 0.321. The molecule has 1 saturated heterocycles. The third-order valence-corrected chi connectivity index (χ3v) is 3.44. The molecule has 1 atom stereocenters. The first-order valence-corrected chi connectivity index (χ1v) is 6.87. The molecule has 0 amide bonds. The minimum absolute atomic E-state index is 0.657. The van der Waals surface area contributed by atoms with Crippen molar-refractivity contribution in [3.63, 3.8) is 0 Å². The van der Waals surface area contributed by atoms with Gasteiger partial charge >= 0.3 is 0 Å². The topological polar surface area (TPSA) is 15.3 Å². The molecule has 1 aromatic carbocycles. The van der Waals surface area contributed by atoms with Gasteiger partial charge in [-0.05, 0) is 25.8 Å². The molecule has 1 fully saturated rings. The molecule has 98 valence electrons. The molecule has 1 unspecified atom stereocenters. The van der Waals surface area contributed by atoms with Crippen molar-refractivity contribution in [2.45, 2.75) is 32.9 Å². The number of allylic oxidation sites excluding steroid dienone is 1. The number of benzene rings is 1. The molecule has 1 aromatic rings. The Kier molecular flexibility index (Phi) is 4.97. The number of nitrogens with one attached hydrogen (secondary N) is 1. The van der Waals surface area contributed by atoms with Gasteiger partial charge in [0.1, 0.15) is 0 Å². The molecule has 0 radical (unpaired) electrons. The van der Waals surface area contributed by atoms with E-state index < -0.39 is 0 Å². The molecule has 0 bridgehead atoms. The summed E-state index contributed by atoms with van der Waals surface area (Å²) in [5.41, 5.74) is 2.81. The van der Waals surface area contributed by atoms with E-state index in [1.807, 2.05) is 0 Å². The third kappa shape index (κ3) is 4.28. The summed E-state index contributed by atoms with van der Waals surface area (Å²) in [6.45, 7) is 8.77. The summed E-state index contributed by atoms with van der Waals surface area (Å²) < 4.78 is 0. The van der Waals surface area contributed by atoms with Crippen LogP contribution in [0.4, 0.5) is 0 Å². The monoisotopic (exact) mass is 244 g/mol. The fourth-order valence-electron chi connectivity index (χ4n) is 2.41. The van der Waals surface area contributed by atoms with Crippen LogP contribution in [0, 0.1) is 0 Å². The molecular formula is C16H24N2. The van der Waals surface area contributed by atoms with E-state index in [4.69, 9.17) is 0 Å². The lowest BCUT2D eigenvalue weighted by atomic mass is 10.2. The average Bonchev–Trinajstić information content (AvgIpc) is 2.78. The fraction of sp³-hybridized carbons (Fsp3) is 0.500. The van der Waals surface area contributed by atoms with E-state index in [2.05, 4.69) is 60.5 Å². The maximum atomic E-state index is 3.61. The summed E-state index contributed by atoms with van der Waals surface area (Å²) in [5.74, 6) is 0. The van der Waals surface area contributed by atoms with Gasteiger partial charge in [0.05, 0.1) is 0 Å². The molecule has 2 heteroatoms. The van der Waals surface area contributed by atoms with Crippen molar-refractivity contribution in [1.82, 2.24) is 10.2 Å². The van der Waals surface area contributed by atoms with Crippen LogP contribution in [0.5, 0.6) is 0 Å². The van der Waals surface area contributed by atoms with E-state index in [-0.39, 0.29) is 0 Å². The van der Waals surface area contributed by atoms with Crippen molar-refractivity contribution < 1.29 is 0 Å². The second-order valence-electron chi connectivity index (χ2n) is 5.40. The van der Waals surface area contributed by atoms with E-state index in [1.165, 1.54) is 30.6 Å². The lowest BCUT2D eigenvalue weighted by Crippen LogP contribution is -2.32. The van der Waals surface area contributed by atoms with Gasteiger partial charge in [-0.25, -0.2) is 0 Å². The van der Waals surface area contributed by atoms with Crippen LogP contribution in [-0.2, 0) is 6.54 Å². The number of hydrogen-bond acceptors (Lipinski definition) is 2. The Labute approximate surface area is 111 Å². The maximum Gasteiger partial charge on any atom is 0.0234 e. The van der Waals surface area contributed by atoms with Gasteiger partial charge in [0.15, 0.2) is 0 Å². The van der Waals surface area contributed by atoms with Crippen LogP contribution in [0.1, 0.15) is 25.8 Å². The standard InChI is InChI=1S/C16H24N2/c1-14(2)8-10-17-16-9-11-18(13-16)12-15-6-4-3-5-7-15/h3-8,16-17H,9-13H2,1-2H3. The molecule has 0 aromatic heterocycles. The van der Waals surface area contributed by atoms with Gasteiger partial charge in [0.2, 0.25) is 0 Å². The van der Waals surface area contributed by atoms with Crippen molar-refractivity contribution in [3.05, 3.63) is 47.5 Å². The largest absolute Gasteiger partial charge is 0.309 e. The fourth-order valence-corrected chi connectivity index (χ4v) is 2.41. The highest BCUT2D eigenvalue weighted by Gasteiger charge is 2.21. The zero-order valence-corrected chi connectivity index (χ0v) is 11.5. The second kappa shape index (κ2) is 6.72. The highest BCUT2D eigenvalue weighted by Crippen LogP contribution is 2.13. The number of likely N-dealkylation sites (tertiary alicyclic amines) is 1. The van der Waals surface area contributed by atoms with Crippen molar-refractivity contribution in [1.29, 1.82) is 0 Å². The van der Waals surface area contributed by atoms with Gasteiger partial charge in [-0.1, -0.05) is 42.0 Å². The lowest BCUT2D eigenvalue weighted by Gasteiger charge is -2.16. The maximum absolute atomic E-state index is 3.61. The highest BCUT2D eigenvalue weighted by molar-refractivity contribution is 5.14. The minimum atomic E-state index is 0.657. The first kappa shape index (κ1) is 13.3. The Morgan fingerprint density at radius 1 is 1.33 bits per heavy atom.